The first-order chi connectivity index (χ1) is 29.8. The highest BCUT2D eigenvalue weighted by Gasteiger charge is 2.47. The summed E-state index contributed by atoms with van der Waals surface area (Å²) >= 11 is 0. The zero-order valence-electron chi connectivity index (χ0n) is 39.7. The van der Waals surface area contributed by atoms with Crippen LogP contribution < -0.4 is 26.2 Å². The highest BCUT2D eigenvalue weighted by atomic mass is 15.2. The van der Waals surface area contributed by atoms with Crippen LogP contribution in [0.15, 0.2) is 140 Å². The van der Waals surface area contributed by atoms with Gasteiger partial charge in [0.1, 0.15) is 0 Å². The maximum atomic E-state index is 2.66. The molecule has 0 fully saturated rings. The molecule has 0 aromatic heterocycles. The number of hydrogen-bond donors (Lipinski definition) is 0. The van der Waals surface area contributed by atoms with Crippen molar-refractivity contribution in [2.45, 2.75) is 118 Å². The summed E-state index contributed by atoms with van der Waals surface area (Å²) in [5.74, 6) is 0. The molecule has 0 bridgehead atoms. The van der Waals surface area contributed by atoms with Crippen molar-refractivity contribution in [2.24, 2.45) is 0 Å². The quantitative estimate of drug-likeness (QED) is 0.163. The predicted octanol–water partition coefficient (Wildman–Crippen LogP) is 14.7. The van der Waals surface area contributed by atoms with E-state index in [1.54, 1.807) is 0 Å². The SMILES string of the molecule is Cc1cc2c3c(c1)N(c1ccc(C(C)(C)C)cc1-c1ccccc1)c1cc(C(C)(C)C)ccc1B3c1cc3c(cc1N2c1cc(-c2ccccc2)ccc1C)C(C)(C)CCC3(C)C. The summed E-state index contributed by atoms with van der Waals surface area (Å²) in [4.78, 5) is 5.30. The number of aryl methyl sites for hydroxylation is 2. The fourth-order valence-corrected chi connectivity index (χ4v) is 10.9. The Bertz CT molecular complexity index is 2940. The van der Waals surface area contributed by atoms with Crippen LogP contribution in [0.4, 0.5) is 34.1 Å². The van der Waals surface area contributed by atoms with Crippen LogP contribution in [-0.2, 0) is 21.7 Å². The molecule has 7 aromatic carbocycles. The van der Waals surface area contributed by atoms with Gasteiger partial charge in [0.25, 0.3) is 6.71 Å². The maximum Gasteiger partial charge on any atom is 0.252 e. The van der Waals surface area contributed by atoms with Crippen molar-refractivity contribution in [2.75, 3.05) is 9.80 Å². The molecule has 1 aliphatic carbocycles. The minimum atomic E-state index is -0.0334. The third kappa shape index (κ3) is 6.77. The molecule has 2 nitrogen and oxygen atoms in total. The van der Waals surface area contributed by atoms with E-state index in [4.69, 9.17) is 0 Å². The van der Waals surface area contributed by atoms with Gasteiger partial charge in [-0.2, -0.15) is 0 Å². The summed E-state index contributed by atoms with van der Waals surface area (Å²) in [6, 6.07) is 53.9. The third-order valence-electron chi connectivity index (χ3n) is 14.8. The lowest BCUT2D eigenvalue weighted by Gasteiger charge is -2.48. The average molecular weight is 823 g/mol. The average Bonchev–Trinajstić information content (AvgIpc) is 3.25. The van der Waals surface area contributed by atoms with Gasteiger partial charge in [-0.15, -0.1) is 0 Å². The number of anilines is 6. The zero-order valence-corrected chi connectivity index (χ0v) is 39.7. The molecule has 2 aliphatic heterocycles. The number of fused-ring (bicyclic) bond motifs is 5. The van der Waals surface area contributed by atoms with Crippen molar-refractivity contribution in [3.63, 3.8) is 0 Å². The van der Waals surface area contributed by atoms with E-state index >= 15 is 0 Å². The van der Waals surface area contributed by atoms with E-state index in [9.17, 15) is 0 Å². The van der Waals surface area contributed by atoms with Gasteiger partial charge >= 0.3 is 0 Å². The molecular formula is C60H63BN2. The normalized spacial score (nSPS) is 16.0. The van der Waals surface area contributed by atoms with Crippen LogP contribution in [0, 0.1) is 13.8 Å². The van der Waals surface area contributed by atoms with Crippen LogP contribution in [0.5, 0.6) is 0 Å². The fraction of sp³-hybridized carbons (Fsp3) is 0.300. The number of rotatable bonds is 4. The summed E-state index contributed by atoms with van der Waals surface area (Å²) in [6.45, 7) is 28.5. The molecule has 0 amide bonds. The van der Waals surface area contributed by atoms with E-state index in [0.717, 1.165) is 0 Å². The van der Waals surface area contributed by atoms with Crippen molar-refractivity contribution in [1.82, 2.24) is 0 Å². The van der Waals surface area contributed by atoms with Crippen molar-refractivity contribution in [3.05, 3.63) is 173 Å². The van der Waals surface area contributed by atoms with Crippen LogP contribution in [0.3, 0.4) is 0 Å². The van der Waals surface area contributed by atoms with Gasteiger partial charge in [-0.1, -0.05) is 166 Å². The van der Waals surface area contributed by atoms with Gasteiger partial charge in [0.15, 0.2) is 0 Å². The van der Waals surface area contributed by atoms with Gasteiger partial charge < -0.3 is 9.80 Å². The van der Waals surface area contributed by atoms with Crippen LogP contribution >= 0.6 is 0 Å². The molecule has 0 atom stereocenters. The Morgan fingerprint density at radius 1 is 0.444 bits per heavy atom. The lowest BCUT2D eigenvalue weighted by Crippen LogP contribution is -2.62. The van der Waals surface area contributed by atoms with Crippen molar-refractivity contribution in [1.29, 1.82) is 0 Å². The molecule has 0 N–H and O–H groups in total. The van der Waals surface area contributed by atoms with Gasteiger partial charge in [0, 0.05) is 34.0 Å². The number of hydrogen-bond acceptors (Lipinski definition) is 2. The first kappa shape index (κ1) is 41.2. The largest absolute Gasteiger partial charge is 0.311 e. The molecule has 63 heavy (non-hydrogen) atoms. The minimum Gasteiger partial charge on any atom is -0.311 e. The highest BCUT2D eigenvalue weighted by Crippen LogP contribution is 2.52. The Labute approximate surface area is 378 Å². The topological polar surface area (TPSA) is 6.48 Å². The van der Waals surface area contributed by atoms with Gasteiger partial charge in [0.05, 0.1) is 5.69 Å². The molecule has 316 valence electrons. The first-order valence-corrected chi connectivity index (χ1v) is 23.3. The van der Waals surface area contributed by atoms with Gasteiger partial charge in [-0.05, 0) is 157 Å². The van der Waals surface area contributed by atoms with Gasteiger partial charge in [-0.25, -0.2) is 0 Å². The standard InChI is InChI=1S/C60H63BN2/c1-38-31-54-56-55(32-38)63(51-33-42(24-23-39(51)2)40-19-15-13-16-20-40)53-37-47-46(59(9,10)29-30-60(47,11)12)36-49(53)61(56)48-27-25-44(58(6,7)8)35-52(48)62(54)50-28-26-43(57(3,4)5)34-45(50)41-21-17-14-18-22-41/h13-28,31-37H,29-30H2,1-12H3. The summed E-state index contributed by atoms with van der Waals surface area (Å²) in [5.41, 5.74) is 24.9. The monoisotopic (exact) mass is 823 g/mol. The Morgan fingerprint density at radius 2 is 0.984 bits per heavy atom. The van der Waals surface area contributed by atoms with E-state index in [1.807, 2.05) is 0 Å². The summed E-state index contributed by atoms with van der Waals surface area (Å²) < 4.78 is 0. The Balaban J connectivity index is 1.34. The molecule has 0 radical (unpaired) electrons. The predicted molar refractivity (Wildman–Crippen MR) is 273 cm³/mol. The fourth-order valence-electron chi connectivity index (χ4n) is 10.9. The van der Waals surface area contributed by atoms with Crippen molar-refractivity contribution < 1.29 is 0 Å². The molecule has 0 saturated heterocycles. The molecule has 0 spiro atoms. The van der Waals surface area contributed by atoms with Crippen molar-refractivity contribution >= 4 is 57.2 Å². The van der Waals surface area contributed by atoms with E-state index in [1.165, 1.54) is 119 Å². The molecule has 3 heteroatoms. The summed E-state index contributed by atoms with van der Waals surface area (Å²) in [7, 11) is 0. The first-order valence-electron chi connectivity index (χ1n) is 23.3. The number of nitrogens with zero attached hydrogens (tertiary/aromatic N) is 2. The zero-order chi connectivity index (χ0) is 44.4. The van der Waals surface area contributed by atoms with Gasteiger partial charge in [0.2, 0.25) is 0 Å². The van der Waals surface area contributed by atoms with Crippen LogP contribution in [0.1, 0.15) is 115 Å². The summed E-state index contributed by atoms with van der Waals surface area (Å²) in [6.07, 6.45) is 2.34. The van der Waals surface area contributed by atoms with Crippen LogP contribution in [-0.4, -0.2) is 6.71 Å². The molecular weight excluding hydrogens is 759 g/mol. The Morgan fingerprint density at radius 3 is 1.60 bits per heavy atom. The molecule has 7 aromatic rings. The molecule has 0 saturated carbocycles. The second-order valence-electron chi connectivity index (χ2n) is 22.3. The van der Waals surface area contributed by atoms with E-state index in [2.05, 4.69) is 232 Å². The molecule has 10 rings (SSSR count). The highest BCUT2D eigenvalue weighted by molar-refractivity contribution is 7.00. The second kappa shape index (κ2) is 14.4. The Hall–Kier alpha value is -5.80. The third-order valence-corrected chi connectivity index (χ3v) is 14.8. The van der Waals surface area contributed by atoms with Crippen molar-refractivity contribution in [3.8, 4) is 22.3 Å². The van der Waals surface area contributed by atoms with E-state index < -0.39 is 0 Å². The second-order valence-corrected chi connectivity index (χ2v) is 22.3. The molecule has 3 aliphatic rings. The van der Waals surface area contributed by atoms with Gasteiger partial charge in [-0.3, -0.25) is 0 Å². The van der Waals surface area contributed by atoms with E-state index in [0.29, 0.717) is 0 Å². The molecule has 2 heterocycles. The lowest BCUT2D eigenvalue weighted by molar-refractivity contribution is 0.332. The van der Waals surface area contributed by atoms with E-state index in [-0.39, 0.29) is 28.4 Å². The van der Waals surface area contributed by atoms with Crippen LogP contribution in [0.2, 0.25) is 0 Å². The van der Waals surface area contributed by atoms with Crippen LogP contribution in [0.25, 0.3) is 22.3 Å². The minimum absolute atomic E-state index is 0.00724. The summed E-state index contributed by atoms with van der Waals surface area (Å²) in [5, 5.41) is 0. The molecule has 0 unspecified atom stereocenters. The number of benzene rings is 7. The smallest absolute Gasteiger partial charge is 0.252 e. The maximum absolute atomic E-state index is 2.66. The Kier molecular flexibility index (Phi) is 9.40. The lowest BCUT2D eigenvalue weighted by atomic mass is 9.33.